The van der Waals surface area contributed by atoms with Crippen LogP contribution in [0, 0.1) is 5.92 Å². The van der Waals surface area contributed by atoms with Crippen molar-refractivity contribution in [3.8, 4) is 0 Å². The normalized spacial score (nSPS) is 23.8. The summed E-state index contributed by atoms with van der Waals surface area (Å²) in [6, 6.07) is 0. The Morgan fingerprint density at radius 3 is 2.69 bits per heavy atom. The minimum Gasteiger partial charge on any atom is -0.372 e. The van der Waals surface area contributed by atoms with E-state index in [4.69, 9.17) is 0 Å². The molecule has 1 N–H and O–H groups in total. The standard InChI is InChI=1S/C8H14F3NO/c9-8(10,11)6-13-4-2-7-1-3-12-5-7/h7,12H,1-6H2. The average molecular weight is 197 g/mol. The number of hydrogen-bond donors (Lipinski definition) is 1. The first-order valence-corrected chi connectivity index (χ1v) is 4.43. The van der Waals surface area contributed by atoms with Crippen LogP contribution in [0.1, 0.15) is 12.8 Å². The molecule has 0 amide bonds. The molecule has 0 aromatic rings. The topological polar surface area (TPSA) is 21.3 Å². The molecule has 2 nitrogen and oxygen atoms in total. The highest BCUT2D eigenvalue weighted by molar-refractivity contribution is 4.70. The van der Waals surface area contributed by atoms with E-state index in [1.165, 1.54) is 0 Å². The van der Waals surface area contributed by atoms with Gasteiger partial charge in [0.25, 0.3) is 0 Å². The number of alkyl halides is 3. The van der Waals surface area contributed by atoms with Gasteiger partial charge in [0.1, 0.15) is 6.61 Å². The second kappa shape index (κ2) is 4.81. The van der Waals surface area contributed by atoms with Crippen LogP contribution in [0.5, 0.6) is 0 Å². The first-order valence-electron chi connectivity index (χ1n) is 4.43. The van der Waals surface area contributed by atoms with Gasteiger partial charge >= 0.3 is 6.18 Å². The lowest BCUT2D eigenvalue weighted by molar-refractivity contribution is -0.174. The van der Waals surface area contributed by atoms with Gasteiger partial charge in [-0.15, -0.1) is 0 Å². The molecule has 0 saturated carbocycles. The Hall–Kier alpha value is -0.290. The summed E-state index contributed by atoms with van der Waals surface area (Å²) in [7, 11) is 0. The maximum absolute atomic E-state index is 11.6. The lowest BCUT2D eigenvalue weighted by atomic mass is 10.1. The third kappa shape index (κ3) is 5.10. The quantitative estimate of drug-likeness (QED) is 0.690. The number of ether oxygens (including phenoxy) is 1. The predicted octanol–water partition coefficient (Wildman–Crippen LogP) is 1.56. The molecule has 5 heteroatoms. The van der Waals surface area contributed by atoms with Gasteiger partial charge in [0.05, 0.1) is 0 Å². The summed E-state index contributed by atoms with van der Waals surface area (Å²) in [6.45, 7) is 0.984. The third-order valence-corrected chi connectivity index (χ3v) is 2.10. The number of halogens is 3. The van der Waals surface area contributed by atoms with Crippen LogP contribution in [0.3, 0.4) is 0 Å². The Kier molecular flexibility index (Phi) is 3.99. The SMILES string of the molecule is FC(F)(F)COCCC1CCNC1. The molecule has 1 fully saturated rings. The number of hydrogen-bond acceptors (Lipinski definition) is 2. The minimum absolute atomic E-state index is 0.214. The van der Waals surface area contributed by atoms with Gasteiger partial charge in [0.2, 0.25) is 0 Å². The maximum Gasteiger partial charge on any atom is 0.411 e. The van der Waals surface area contributed by atoms with Crippen LogP contribution in [0.15, 0.2) is 0 Å². The van der Waals surface area contributed by atoms with Crippen molar-refractivity contribution >= 4 is 0 Å². The van der Waals surface area contributed by atoms with Crippen LogP contribution < -0.4 is 5.32 Å². The van der Waals surface area contributed by atoms with Gasteiger partial charge in [0.15, 0.2) is 0 Å². The van der Waals surface area contributed by atoms with Crippen molar-refractivity contribution in [1.82, 2.24) is 5.32 Å². The monoisotopic (exact) mass is 197 g/mol. The highest BCUT2D eigenvalue weighted by Crippen LogP contribution is 2.16. The zero-order valence-electron chi connectivity index (χ0n) is 7.36. The molecule has 0 bridgehead atoms. The molecule has 1 atom stereocenters. The van der Waals surface area contributed by atoms with Crippen LogP contribution in [-0.4, -0.2) is 32.5 Å². The van der Waals surface area contributed by atoms with Gasteiger partial charge in [-0.1, -0.05) is 0 Å². The van der Waals surface area contributed by atoms with Crippen LogP contribution in [0.2, 0.25) is 0 Å². The van der Waals surface area contributed by atoms with Crippen molar-refractivity contribution in [3.05, 3.63) is 0 Å². The summed E-state index contributed by atoms with van der Waals surface area (Å²) in [5, 5.41) is 3.15. The Balaban J connectivity index is 1.94. The third-order valence-electron chi connectivity index (χ3n) is 2.10. The van der Waals surface area contributed by atoms with Gasteiger partial charge in [-0.3, -0.25) is 0 Å². The van der Waals surface area contributed by atoms with Crippen LogP contribution in [0.4, 0.5) is 13.2 Å². The molecular formula is C8H14F3NO. The number of nitrogens with one attached hydrogen (secondary N) is 1. The van der Waals surface area contributed by atoms with E-state index in [9.17, 15) is 13.2 Å². The summed E-state index contributed by atoms with van der Waals surface area (Å²) < 4.78 is 39.4. The van der Waals surface area contributed by atoms with E-state index >= 15 is 0 Å². The summed E-state index contributed by atoms with van der Waals surface area (Å²) in [5.74, 6) is 0.494. The Morgan fingerprint density at radius 2 is 2.15 bits per heavy atom. The molecule has 1 saturated heterocycles. The fraction of sp³-hybridized carbons (Fsp3) is 1.00. The highest BCUT2D eigenvalue weighted by Gasteiger charge is 2.27. The van der Waals surface area contributed by atoms with E-state index in [1.54, 1.807) is 0 Å². The zero-order valence-corrected chi connectivity index (χ0v) is 7.36. The Morgan fingerprint density at radius 1 is 1.38 bits per heavy atom. The van der Waals surface area contributed by atoms with E-state index in [-0.39, 0.29) is 6.61 Å². The lowest BCUT2D eigenvalue weighted by Crippen LogP contribution is -2.18. The summed E-state index contributed by atoms with van der Waals surface area (Å²) in [5.41, 5.74) is 0. The predicted molar refractivity (Wildman–Crippen MR) is 42.5 cm³/mol. The molecule has 13 heavy (non-hydrogen) atoms. The maximum atomic E-state index is 11.6. The highest BCUT2D eigenvalue weighted by atomic mass is 19.4. The van der Waals surface area contributed by atoms with Gasteiger partial charge in [-0.2, -0.15) is 13.2 Å². The molecule has 0 spiro atoms. The molecule has 78 valence electrons. The summed E-state index contributed by atoms with van der Waals surface area (Å²) in [6.07, 6.45) is -2.41. The smallest absolute Gasteiger partial charge is 0.372 e. The first kappa shape index (κ1) is 10.8. The van der Waals surface area contributed by atoms with Gasteiger partial charge in [-0.25, -0.2) is 0 Å². The number of rotatable bonds is 4. The van der Waals surface area contributed by atoms with E-state index in [1.807, 2.05) is 0 Å². The van der Waals surface area contributed by atoms with E-state index < -0.39 is 12.8 Å². The van der Waals surface area contributed by atoms with Gasteiger partial charge in [-0.05, 0) is 31.8 Å². The molecule has 0 aromatic heterocycles. The van der Waals surface area contributed by atoms with Crippen LogP contribution in [0.25, 0.3) is 0 Å². The molecule has 1 aliphatic rings. The fourth-order valence-electron chi connectivity index (χ4n) is 1.40. The molecule has 1 aliphatic heterocycles. The zero-order chi connectivity index (χ0) is 9.73. The van der Waals surface area contributed by atoms with E-state index in [0.717, 1.165) is 25.9 Å². The van der Waals surface area contributed by atoms with E-state index in [2.05, 4.69) is 10.1 Å². The molecule has 1 unspecified atom stereocenters. The lowest BCUT2D eigenvalue weighted by Gasteiger charge is -2.10. The fourth-order valence-corrected chi connectivity index (χ4v) is 1.40. The average Bonchev–Trinajstić information content (AvgIpc) is 2.48. The van der Waals surface area contributed by atoms with Crippen molar-refractivity contribution in [2.45, 2.75) is 19.0 Å². The summed E-state index contributed by atoms with van der Waals surface area (Å²) >= 11 is 0. The van der Waals surface area contributed by atoms with Crippen molar-refractivity contribution < 1.29 is 17.9 Å². The molecule has 0 aliphatic carbocycles. The Labute approximate surface area is 75.4 Å². The molecule has 0 radical (unpaired) electrons. The largest absolute Gasteiger partial charge is 0.411 e. The Bertz CT molecular complexity index is 143. The van der Waals surface area contributed by atoms with Gasteiger partial charge in [0, 0.05) is 6.61 Å². The second-order valence-electron chi connectivity index (χ2n) is 3.32. The summed E-state index contributed by atoms with van der Waals surface area (Å²) in [4.78, 5) is 0. The first-order chi connectivity index (χ1) is 6.08. The van der Waals surface area contributed by atoms with Crippen molar-refractivity contribution in [2.24, 2.45) is 5.92 Å². The minimum atomic E-state index is -4.19. The molecular weight excluding hydrogens is 183 g/mol. The van der Waals surface area contributed by atoms with Crippen molar-refractivity contribution in [2.75, 3.05) is 26.3 Å². The molecule has 0 aromatic carbocycles. The molecule has 1 rings (SSSR count). The van der Waals surface area contributed by atoms with Crippen molar-refractivity contribution in [1.29, 1.82) is 0 Å². The molecule has 1 heterocycles. The van der Waals surface area contributed by atoms with Crippen molar-refractivity contribution in [3.63, 3.8) is 0 Å². The second-order valence-corrected chi connectivity index (χ2v) is 3.32. The van der Waals surface area contributed by atoms with E-state index in [0.29, 0.717) is 5.92 Å². The van der Waals surface area contributed by atoms with Crippen LogP contribution >= 0.6 is 0 Å². The van der Waals surface area contributed by atoms with Crippen LogP contribution in [-0.2, 0) is 4.74 Å². The van der Waals surface area contributed by atoms with Gasteiger partial charge < -0.3 is 10.1 Å².